The van der Waals surface area contributed by atoms with E-state index in [1.165, 1.54) is 0 Å². The van der Waals surface area contributed by atoms with Gasteiger partial charge in [0.05, 0.1) is 0 Å². The average molecular weight is 228 g/mol. The molecule has 0 fully saturated rings. The van der Waals surface area contributed by atoms with Crippen molar-refractivity contribution in [3.63, 3.8) is 0 Å². The van der Waals surface area contributed by atoms with E-state index < -0.39 is 15.4 Å². The van der Waals surface area contributed by atoms with Gasteiger partial charge in [-0.15, -0.1) is 0 Å². The molecule has 6 heavy (non-hydrogen) atoms. The van der Waals surface area contributed by atoms with Crippen LogP contribution < -0.4 is 0 Å². The minimum atomic E-state index is -3.24. The molecular weight excluding hydrogens is 226 g/mol. The summed E-state index contributed by atoms with van der Waals surface area (Å²) in [5.74, 6) is 0. The molecule has 36 valence electrons. The molecule has 0 saturated heterocycles. The van der Waals surface area contributed by atoms with Crippen LogP contribution in [0, 0.1) is 0 Å². The third kappa shape index (κ3) is 8.98. The molecule has 0 amide bonds. The van der Waals surface area contributed by atoms with Crippen LogP contribution in [-0.4, -0.2) is 0 Å². The summed E-state index contributed by atoms with van der Waals surface area (Å²) in [5, 5.41) is 0. The van der Waals surface area contributed by atoms with Gasteiger partial charge < -0.3 is 0 Å². The average Bonchev–Trinajstić information content (AvgIpc) is 1.38. The van der Waals surface area contributed by atoms with Gasteiger partial charge in [-0.05, 0) is 0 Å². The fourth-order valence-electron chi connectivity index (χ4n) is 0. The van der Waals surface area contributed by atoms with E-state index in [2.05, 4.69) is 3.45 Å². The molecule has 0 aromatic carbocycles. The molecule has 0 heterocycles. The molecule has 0 aromatic heterocycles. The molecule has 0 aliphatic rings. The molecule has 0 bridgehead atoms. The Kier molecular flexibility index (Phi) is 10.7. The van der Waals surface area contributed by atoms with E-state index in [9.17, 15) is 7.35 Å². The maximum atomic E-state index is 9.24. The molecule has 1 atom stereocenters. The molecule has 0 N–H and O–H groups in total. The molecule has 0 radical (unpaired) electrons. The van der Waals surface area contributed by atoms with E-state index >= 15 is 0 Å². The van der Waals surface area contributed by atoms with Crippen LogP contribution in [0.2, 0.25) is 0 Å². The van der Waals surface area contributed by atoms with Crippen LogP contribution in [0.15, 0.2) is 0 Å². The molecule has 0 aliphatic carbocycles. The number of hydrogen-bond acceptors (Lipinski definition) is 3. The summed E-state index contributed by atoms with van der Waals surface area (Å²) in [4.78, 5) is 0. The van der Waals surface area contributed by atoms with Gasteiger partial charge in [-0.2, -0.15) is 0 Å². The third-order valence-electron chi connectivity index (χ3n) is 0.0861. The SMILES string of the molecule is [Mo].[O]=[V](=[O])[O]P. The Morgan fingerprint density at radius 2 is 1.67 bits per heavy atom. The van der Waals surface area contributed by atoms with E-state index in [0.717, 1.165) is 0 Å². The van der Waals surface area contributed by atoms with Crippen LogP contribution >= 0.6 is 9.47 Å². The second-order valence-electron chi connectivity index (χ2n) is 0.329. The predicted octanol–water partition coefficient (Wildman–Crippen LogP) is 0.0148. The van der Waals surface area contributed by atoms with Crippen LogP contribution in [0.4, 0.5) is 0 Å². The predicted molar refractivity (Wildman–Crippen MR) is 12.2 cm³/mol. The molecule has 3 nitrogen and oxygen atoms in total. The zero-order valence-electron chi connectivity index (χ0n) is 2.66. The number of hydrogen-bond donors (Lipinski definition) is 0. The summed E-state index contributed by atoms with van der Waals surface area (Å²) in [6, 6.07) is 0. The van der Waals surface area contributed by atoms with Gasteiger partial charge in [-0.3, -0.25) is 0 Å². The zero-order valence-corrected chi connectivity index (χ0v) is 7.22. The second-order valence-corrected chi connectivity index (χ2v) is 2.23. The monoisotopic (exact) mass is 230 g/mol. The Morgan fingerprint density at radius 1 is 1.50 bits per heavy atom. The van der Waals surface area contributed by atoms with Crippen LogP contribution in [0.25, 0.3) is 0 Å². The van der Waals surface area contributed by atoms with Crippen molar-refractivity contribution in [1.82, 2.24) is 0 Å². The van der Waals surface area contributed by atoms with E-state index in [1.54, 1.807) is 9.47 Å². The summed E-state index contributed by atoms with van der Waals surface area (Å²) in [7, 11) is 1.63. The van der Waals surface area contributed by atoms with Gasteiger partial charge in [0.1, 0.15) is 0 Å². The van der Waals surface area contributed by atoms with Crippen molar-refractivity contribution >= 4 is 9.47 Å². The molecule has 0 rings (SSSR count). The Morgan fingerprint density at radius 3 is 1.67 bits per heavy atom. The summed E-state index contributed by atoms with van der Waals surface area (Å²) in [6.45, 7) is 0. The summed E-state index contributed by atoms with van der Waals surface area (Å²) in [6.07, 6.45) is 0. The third-order valence-corrected chi connectivity index (χ3v) is 1.06. The van der Waals surface area contributed by atoms with Crippen molar-refractivity contribution in [3.05, 3.63) is 0 Å². The van der Waals surface area contributed by atoms with Crippen LogP contribution in [0.5, 0.6) is 0 Å². The topological polar surface area (TPSA) is 43.4 Å². The maximum absolute atomic E-state index is 9.24. The van der Waals surface area contributed by atoms with Crippen molar-refractivity contribution in [2.75, 3.05) is 0 Å². The van der Waals surface area contributed by atoms with Crippen LogP contribution in [-0.2, 0) is 47.3 Å². The van der Waals surface area contributed by atoms with Gasteiger partial charge in [-0.1, -0.05) is 0 Å². The molecule has 6 heteroatoms. The Hall–Kier alpha value is 1.26. The van der Waals surface area contributed by atoms with Crippen molar-refractivity contribution in [2.24, 2.45) is 0 Å². The van der Waals surface area contributed by atoms with Crippen LogP contribution in [0.3, 0.4) is 0 Å². The fourth-order valence-corrected chi connectivity index (χ4v) is 0. The normalized spacial score (nSPS) is 6.17. The number of rotatable bonds is 1. The van der Waals surface area contributed by atoms with Gasteiger partial charge in [0.25, 0.3) is 0 Å². The summed E-state index contributed by atoms with van der Waals surface area (Å²) >= 11 is -3.24. The van der Waals surface area contributed by atoms with Crippen molar-refractivity contribution in [3.8, 4) is 0 Å². The molecule has 0 aliphatic heterocycles. The first-order chi connectivity index (χ1) is 2.27. The first-order valence-corrected chi connectivity index (χ1v) is 2.97. The van der Waals surface area contributed by atoms with Gasteiger partial charge >= 0.3 is 35.7 Å². The van der Waals surface area contributed by atoms with Gasteiger partial charge in [0, 0.05) is 21.1 Å². The van der Waals surface area contributed by atoms with E-state index in [-0.39, 0.29) is 21.1 Å². The molecule has 0 saturated carbocycles. The Bertz CT molecular complexity index is 68.9. The van der Waals surface area contributed by atoms with E-state index in [1.807, 2.05) is 0 Å². The van der Waals surface area contributed by atoms with Crippen LogP contribution in [0.1, 0.15) is 0 Å². The van der Waals surface area contributed by atoms with E-state index in [4.69, 9.17) is 0 Å². The zero-order chi connectivity index (χ0) is 4.28. The van der Waals surface area contributed by atoms with Crippen molar-refractivity contribution in [1.29, 1.82) is 0 Å². The second kappa shape index (κ2) is 6.26. The minimum absolute atomic E-state index is 0. The van der Waals surface area contributed by atoms with Crippen molar-refractivity contribution < 1.29 is 47.3 Å². The van der Waals surface area contributed by atoms with Gasteiger partial charge in [0.15, 0.2) is 0 Å². The quantitative estimate of drug-likeness (QED) is 0.469. The van der Waals surface area contributed by atoms with Gasteiger partial charge in [-0.25, -0.2) is 0 Å². The Labute approximate surface area is 56.7 Å². The molecule has 1 unspecified atom stereocenters. The fraction of sp³-hybridized carbons (Fsp3) is 0. The molecule has 0 spiro atoms. The summed E-state index contributed by atoms with van der Waals surface area (Å²) < 4.78 is 22.2. The molecule has 0 aromatic rings. The first-order valence-electron chi connectivity index (χ1n) is 0.783. The molecular formula is H2MoO3PV. The summed E-state index contributed by atoms with van der Waals surface area (Å²) in [5.41, 5.74) is 0. The Balaban J connectivity index is 0. The van der Waals surface area contributed by atoms with Crippen molar-refractivity contribution in [2.45, 2.75) is 0 Å². The first kappa shape index (κ1) is 10.3. The standard InChI is InChI=1S/Mo.H2OP.2O.V/c;1-2;;;/h;2H2;;;/q;-1;;;+1. The van der Waals surface area contributed by atoms with E-state index in [0.29, 0.717) is 0 Å². The van der Waals surface area contributed by atoms with Gasteiger partial charge in [0.2, 0.25) is 0 Å².